The number of rotatable bonds is 5. The first-order valence-corrected chi connectivity index (χ1v) is 8.37. The topological polar surface area (TPSA) is 88.3 Å². The van der Waals surface area contributed by atoms with Crippen LogP contribution in [0.2, 0.25) is 0 Å². The van der Waals surface area contributed by atoms with Crippen molar-refractivity contribution in [1.29, 1.82) is 0 Å². The molecule has 6 nitrogen and oxygen atoms in total. The van der Waals surface area contributed by atoms with Crippen LogP contribution in [0.4, 0.5) is 5.69 Å². The van der Waals surface area contributed by atoms with E-state index in [1.807, 2.05) is 54.3 Å². The maximum Gasteiger partial charge on any atom is 0.241 e. The number of benzene rings is 1. The number of pyridine rings is 1. The van der Waals surface area contributed by atoms with Gasteiger partial charge in [0.2, 0.25) is 11.8 Å². The number of carbonyl (C=O) groups excluding carboxylic acids is 2. The molecule has 0 unspecified atom stereocenters. The van der Waals surface area contributed by atoms with Crippen LogP contribution in [0.15, 0.2) is 48.7 Å². The smallest absolute Gasteiger partial charge is 0.241 e. The summed E-state index contributed by atoms with van der Waals surface area (Å²) in [6.07, 6.45) is 2.83. The molecule has 0 bridgehead atoms. The van der Waals surface area contributed by atoms with Gasteiger partial charge in [-0.25, -0.2) is 0 Å². The minimum atomic E-state index is -0.424. The van der Waals surface area contributed by atoms with E-state index in [0.29, 0.717) is 25.1 Å². The van der Waals surface area contributed by atoms with E-state index in [0.717, 1.165) is 11.3 Å². The Morgan fingerprint density at radius 3 is 2.52 bits per heavy atom. The van der Waals surface area contributed by atoms with E-state index < -0.39 is 6.04 Å². The predicted molar refractivity (Wildman–Crippen MR) is 95.6 cm³/mol. The van der Waals surface area contributed by atoms with Crippen molar-refractivity contribution in [3.8, 4) is 0 Å². The van der Waals surface area contributed by atoms with E-state index >= 15 is 0 Å². The van der Waals surface area contributed by atoms with Crippen molar-refractivity contribution in [3.63, 3.8) is 0 Å². The Hall–Kier alpha value is -2.73. The molecule has 0 spiro atoms. The molecular formula is C19H22N4O2. The normalized spacial score (nSPS) is 20.4. The first-order valence-electron chi connectivity index (χ1n) is 8.37. The largest absolute Gasteiger partial charge is 0.368 e. The average Bonchev–Trinajstić information content (AvgIpc) is 3.02. The number of amides is 2. The Morgan fingerprint density at radius 2 is 1.88 bits per heavy atom. The van der Waals surface area contributed by atoms with E-state index in [2.05, 4.69) is 10.3 Å². The number of carbonyl (C=O) groups is 2. The summed E-state index contributed by atoms with van der Waals surface area (Å²) in [4.78, 5) is 30.6. The van der Waals surface area contributed by atoms with Crippen LogP contribution in [0.3, 0.4) is 0 Å². The summed E-state index contributed by atoms with van der Waals surface area (Å²) >= 11 is 0. The summed E-state index contributed by atoms with van der Waals surface area (Å²) in [6, 6.07) is 12.6. The van der Waals surface area contributed by atoms with Crippen LogP contribution in [0.1, 0.15) is 24.1 Å². The van der Waals surface area contributed by atoms with Gasteiger partial charge in [0.1, 0.15) is 0 Å². The molecule has 3 rings (SSSR count). The number of anilines is 1. The molecule has 2 amide bonds. The number of nitrogens with zero attached hydrogens (tertiary/aromatic N) is 2. The molecule has 6 heteroatoms. The zero-order valence-electron chi connectivity index (χ0n) is 14.2. The van der Waals surface area contributed by atoms with E-state index in [9.17, 15) is 9.59 Å². The van der Waals surface area contributed by atoms with Crippen LogP contribution in [0.5, 0.6) is 0 Å². The molecule has 1 aliphatic rings. The van der Waals surface area contributed by atoms with E-state index in [-0.39, 0.29) is 17.9 Å². The highest BCUT2D eigenvalue weighted by atomic mass is 16.2. The summed E-state index contributed by atoms with van der Waals surface area (Å²) in [6.45, 7) is 2.40. The fourth-order valence-electron chi connectivity index (χ4n) is 3.23. The molecule has 3 N–H and O–H groups in total. The number of aromatic nitrogens is 1. The van der Waals surface area contributed by atoms with Gasteiger partial charge in [-0.3, -0.25) is 19.5 Å². The number of nitrogens with two attached hydrogens (primary N) is 1. The predicted octanol–water partition coefficient (Wildman–Crippen LogP) is 1.85. The van der Waals surface area contributed by atoms with Gasteiger partial charge in [-0.15, -0.1) is 0 Å². The standard InChI is InChI=1S/C19H22N4O2/c1-13-7-8-15(11-21-13)22-19(25)17-10-9-16(18(20)24)23(17)12-14-5-3-2-4-6-14/h2-8,11,16-17H,9-10,12H2,1H3,(H2,20,24)(H,22,25)/t16-,17+/m0/s1. The Labute approximate surface area is 147 Å². The highest BCUT2D eigenvalue weighted by molar-refractivity contribution is 5.95. The second-order valence-electron chi connectivity index (χ2n) is 6.35. The molecule has 2 atom stereocenters. The SMILES string of the molecule is Cc1ccc(NC(=O)[C@H]2CC[C@@H](C(N)=O)N2Cc2ccccc2)cn1. The lowest BCUT2D eigenvalue weighted by atomic mass is 10.1. The fraction of sp³-hybridized carbons (Fsp3) is 0.316. The number of likely N-dealkylation sites (tertiary alicyclic amines) is 1. The highest BCUT2D eigenvalue weighted by Gasteiger charge is 2.40. The Kier molecular flexibility index (Phi) is 5.09. The average molecular weight is 338 g/mol. The molecule has 1 aromatic carbocycles. The second kappa shape index (κ2) is 7.44. The minimum absolute atomic E-state index is 0.134. The maximum atomic E-state index is 12.7. The van der Waals surface area contributed by atoms with Gasteiger partial charge in [-0.05, 0) is 37.5 Å². The molecular weight excluding hydrogens is 316 g/mol. The number of hydrogen-bond acceptors (Lipinski definition) is 4. The van der Waals surface area contributed by atoms with Crippen molar-refractivity contribution >= 4 is 17.5 Å². The van der Waals surface area contributed by atoms with Gasteiger partial charge in [0.15, 0.2) is 0 Å². The van der Waals surface area contributed by atoms with Crippen molar-refractivity contribution in [2.45, 2.75) is 38.4 Å². The van der Waals surface area contributed by atoms with Gasteiger partial charge in [0.25, 0.3) is 0 Å². The lowest BCUT2D eigenvalue weighted by molar-refractivity contribution is -0.125. The number of aryl methyl sites for hydroxylation is 1. The van der Waals surface area contributed by atoms with Crippen molar-refractivity contribution in [3.05, 3.63) is 59.9 Å². The molecule has 1 aliphatic heterocycles. The van der Waals surface area contributed by atoms with E-state index in [1.54, 1.807) is 6.20 Å². The number of hydrogen-bond donors (Lipinski definition) is 2. The van der Waals surface area contributed by atoms with Crippen LogP contribution in [0, 0.1) is 6.92 Å². The lowest BCUT2D eigenvalue weighted by Crippen LogP contribution is -2.47. The monoisotopic (exact) mass is 338 g/mol. The number of primary amides is 1. The summed E-state index contributed by atoms with van der Waals surface area (Å²) in [5.74, 6) is -0.520. The molecule has 2 aromatic rings. The van der Waals surface area contributed by atoms with Gasteiger partial charge < -0.3 is 11.1 Å². The maximum absolute atomic E-state index is 12.7. The molecule has 0 saturated carbocycles. The quantitative estimate of drug-likeness (QED) is 0.871. The molecule has 1 aromatic heterocycles. The molecule has 130 valence electrons. The van der Waals surface area contributed by atoms with Crippen LogP contribution < -0.4 is 11.1 Å². The van der Waals surface area contributed by atoms with Gasteiger partial charge in [-0.2, -0.15) is 0 Å². The fourth-order valence-corrected chi connectivity index (χ4v) is 3.23. The van der Waals surface area contributed by atoms with Gasteiger partial charge in [0, 0.05) is 12.2 Å². The summed E-state index contributed by atoms with van der Waals surface area (Å²) in [5, 5.41) is 2.89. The van der Waals surface area contributed by atoms with Crippen LogP contribution in [-0.2, 0) is 16.1 Å². The van der Waals surface area contributed by atoms with E-state index in [1.165, 1.54) is 0 Å². The van der Waals surface area contributed by atoms with Gasteiger partial charge in [-0.1, -0.05) is 30.3 Å². The molecule has 1 saturated heterocycles. The summed E-state index contributed by atoms with van der Waals surface area (Å²) < 4.78 is 0. The molecule has 0 radical (unpaired) electrons. The van der Waals surface area contributed by atoms with Crippen molar-refractivity contribution in [2.24, 2.45) is 5.73 Å². The summed E-state index contributed by atoms with van der Waals surface area (Å²) in [7, 11) is 0. The van der Waals surface area contributed by atoms with Crippen LogP contribution in [-0.4, -0.2) is 33.8 Å². The van der Waals surface area contributed by atoms with Crippen LogP contribution in [0.25, 0.3) is 0 Å². The first-order chi connectivity index (χ1) is 12.0. The lowest BCUT2D eigenvalue weighted by Gasteiger charge is -2.28. The molecule has 2 heterocycles. The van der Waals surface area contributed by atoms with Gasteiger partial charge >= 0.3 is 0 Å². The zero-order valence-corrected chi connectivity index (χ0v) is 14.2. The Morgan fingerprint density at radius 1 is 1.16 bits per heavy atom. The van der Waals surface area contributed by atoms with E-state index in [4.69, 9.17) is 5.73 Å². The minimum Gasteiger partial charge on any atom is -0.368 e. The summed E-state index contributed by atoms with van der Waals surface area (Å²) in [5.41, 5.74) is 8.14. The third-order valence-electron chi connectivity index (χ3n) is 4.53. The molecule has 0 aliphatic carbocycles. The van der Waals surface area contributed by atoms with Crippen molar-refractivity contribution in [2.75, 3.05) is 5.32 Å². The third kappa shape index (κ3) is 4.03. The molecule has 1 fully saturated rings. The van der Waals surface area contributed by atoms with Crippen molar-refractivity contribution in [1.82, 2.24) is 9.88 Å². The van der Waals surface area contributed by atoms with Crippen molar-refractivity contribution < 1.29 is 9.59 Å². The van der Waals surface area contributed by atoms with Gasteiger partial charge in [0.05, 0.1) is 24.0 Å². The third-order valence-corrected chi connectivity index (χ3v) is 4.53. The zero-order chi connectivity index (χ0) is 17.8. The van der Waals surface area contributed by atoms with Crippen LogP contribution >= 0.6 is 0 Å². The Balaban J connectivity index is 1.76. The highest BCUT2D eigenvalue weighted by Crippen LogP contribution is 2.27. The number of nitrogens with one attached hydrogen (secondary N) is 1. The second-order valence-corrected chi connectivity index (χ2v) is 6.35. The molecule has 25 heavy (non-hydrogen) atoms. The Bertz CT molecular complexity index is 746. The first kappa shape index (κ1) is 17.1.